The fourth-order valence-electron chi connectivity index (χ4n) is 4.29. The molecule has 0 unspecified atom stereocenters. The van der Waals surface area contributed by atoms with Gasteiger partial charge in [0.1, 0.15) is 0 Å². The van der Waals surface area contributed by atoms with Crippen molar-refractivity contribution in [3.8, 4) is 0 Å². The quantitative estimate of drug-likeness (QED) is 0.529. The number of rotatable bonds is 7. The summed E-state index contributed by atoms with van der Waals surface area (Å²) in [6.45, 7) is 8.80. The van der Waals surface area contributed by atoms with Crippen molar-refractivity contribution in [2.75, 3.05) is 11.4 Å². The van der Waals surface area contributed by atoms with E-state index >= 15 is 0 Å². The van der Waals surface area contributed by atoms with E-state index in [4.69, 9.17) is 5.11 Å². The number of carbonyl (C=O) groups excluding carboxylic acids is 1. The van der Waals surface area contributed by atoms with Crippen LogP contribution < -0.4 is 4.90 Å². The molecule has 0 saturated carbocycles. The van der Waals surface area contributed by atoms with E-state index in [1.54, 1.807) is 17.0 Å². The standard InChI is InChI=1S/C27H29NO3/c1-5-24-19(4)25(18(3)16-23(24)17-20-10-8-7-9-11-20)28(6-2)26(29)21-12-14-22(15-13-21)27(30)31/h7-16H,5-6,17H2,1-4H3,(H,30,31). The van der Waals surface area contributed by atoms with Crippen LogP contribution in [0.2, 0.25) is 0 Å². The largest absolute Gasteiger partial charge is 0.478 e. The maximum atomic E-state index is 13.3. The minimum absolute atomic E-state index is 0.122. The van der Waals surface area contributed by atoms with Crippen molar-refractivity contribution < 1.29 is 14.7 Å². The number of nitrogens with zero attached hydrogens (tertiary/aromatic N) is 1. The lowest BCUT2D eigenvalue weighted by Crippen LogP contribution is -2.32. The molecule has 4 heteroatoms. The summed E-state index contributed by atoms with van der Waals surface area (Å²) in [4.78, 5) is 26.2. The number of carboxylic acids is 1. The monoisotopic (exact) mass is 415 g/mol. The van der Waals surface area contributed by atoms with Gasteiger partial charge in [-0.2, -0.15) is 0 Å². The van der Waals surface area contributed by atoms with E-state index in [1.807, 2.05) is 13.0 Å². The van der Waals surface area contributed by atoms with Crippen LogP contribution in [0.15, 0.2) is 60.7 Å². The first-order valence-electron chi connectivity index (χ1n) is 10.7. The Balaban J connectivity index is 2.01. The molecule has 0 aliphatic carbocycles. The Morgan fingerprint density at radius 2 is 1.52 bits per heavy atom. The second-order valence-corrected chi connectivity index (χ2v) is 7.75. The fraction of sp³-hybridized carbons (Fsp3) is 0.259. The van der Waals surface area contributed by atoms with Gasteiger partial charge in [0.05, 0.1) is 11.3 Å². The van der Waals surface area contributed by atoms with Gasteiger partial charge in [-0.25, -0.2) is 4.79 Å². The molecular weight excluding hydrogens is 386 g/mol. The van der Waals surface area contributed by atoms with E-state index in [2.05, 4.69) is 51.1 Å². The molecule has 0 aliphatic rings. The topological polar surface area (TPSA) is 57.6 Å². The van der Waals surface area contributed by atoms with Crippen LogP contribution in [0.3, 0.4) is 0 Å². The van der Waals surface area contributed by atoms with Crippen molar-refractivity contribution in [1.29, 1.82) is 0 Å². The molecule has 3 aromatic carbocycles. The lowest BCUT2D eigenvalue weighted by molar-refractivity contribution is 0.0696. The minimum atomic E-state index is -1.00. The average Bonchev–Trinajstić information content (AvgIpc) is 2.77. The normalized spacial score (nSPS) is 10.7. The van der Waals surface area contributed by atoms with Gasteiger partial charge < -0.3 is 10.0 Å². The van der Waals surface area contributed by atoms with Crippen LogP contribution in [0.4, 0.5) is 5.69 Å². The number of benzene rings is 3. The summed E-state index contributed by atoms with van der Waals surface area (Å²) in [5, 5.41) is 9.11. The zero-order valence-corrected chi connectivity index (χ0v) is 18.6. The van der Waals surface area contributed by atoms with Crippen molar-refractivity contribution in [3.63, 3.8) is 0 Å². The number of amides is 1. The zero-order chi connectivity index (χ0) is 22.5. The third kappa shape index (κ3) is 4.69. The van der Waals surface area contributed by atoms with Gasteiger partial charge in [-0.3, -0.25) is 4.79 Å². The highest BCUT2D eigenvalue weighted by Gasteiger charge is 2.22. The highest BCUT2D eigenvalue weighted by molar-refractivity contribution is 6.07. The van der Waals surface area contributed by atoms with E-state index in [0.29, 0.717) is 12.1 Å². The lowest BCUT2D eigenvalue weighted by atomic mass is 9.90. The Kier molecular flexibility index (Phi) is 6.91. The highest BCUT2D eigenvalue weighted by atomic mass is 16.4. The first-order chi connectivity index (χ1) is 14.9. The second kappa shape index (κ2) is 9.61. The summed E-state index contributed by atoms with van der Waals surface area (Å²) in [6.07, 6.45) is 1.75. The van der Waals surface area contributed by atoms with Crippen molar-refractivity contribution in [3.05, 3.63) is 99.6 Å². The van der Waals surface area contributed by atoms with Crippen LogP contribution in [-0.2, 0) is 12.8 Å². The zero-order valence-electron chi connectivity index (χ0n) is 18.6. The molecule has 0 spiro atoms. The molecule has 0 atom stereocenters. The summed E-state index contributed by atoms with van der Waals surface area (Å²) in [7, 11) is 0. The third-order valence-electron chi connectivity index (χ3n) is 5.76. The Morgan fingerprint density at radius 3 is 2.06 bits per heavy atom. The molecule has 1 N–H and O–H groups in total. The number of hydrogen-bond donors (Lipinski definition) is 1. The minimum Gasteiger partial charge on any atom is -0.478 e. The molecule has 4 nitrogen and oxygen atoms in total. The van der Waals surface area contributed by atoms with Crippen molar-refractivity contribution >= 4 is 17.6 Å². The van der Waals surface area contributed by atoms with Gasteiger partial charge >= 0.3 is 5.97 Å². The highest BCUT2D eigenvalue weighted by Crippen LogP contribution is 2.33. The number of aromatic carboxylic acids is 1. The predicted molar refractivity (Wildman–Crippen MR) is 125 cm³/mol. The first-order valence-corrected chi connectivity index (χ1v) is 10.7. The number of carbonyl (C=O) groups is 2. The van der Waals surface area contributed by atoms with E-state index in [0.717, 1.165) is 29.7 Å². The molecule has 3 rings (SSSR count). The lowest BCUT2D eigenvalue weighted by Gasteiger charge is -2.28. The molecule has 160 valence electrons. The van der Waals surface area contributed by atoms with Crippen molar-refractivity contribution in [2.45, 2.75) is 40.5 Å². The van der Waals surface area contributed by atoms with Crippen LogP contribution in [0.5, 0.6) is 0 Å². The van der Waals surface area contributed by atoms with Gasteiger partial charge in [-0.15, -0.1) is 0 Å². The Labute approximate surface area is 184 Å². The van der Waals surface area contributed by atoms with E-state index in [9.17, 15) is 9.59 Å². The predicted octanol–water partition coefficient (Wildman–Crippen LogP) is 5.82. The number of carboxylic acid groups (broad SMARTS) is 1. The van der Waals surface area contributed by atoms with E-state index in [-0.39, 0.29) is 11.5 Å². The molecule has 3 aromatic rings. The molecule has 0 radical (unpaired) electrons. The van der Waals surface area contributed by atoms with E-state index < -0.39 is 5.97 Å². The molecule has 0 heterocycles. The fourth-order valence-corrected chi connectivity index (χ4v) is 4.29. The van der Waals surface area contributed by atoms with Crippen molar-refractivity contribution in [1.82, 2.24) is 0 Å². The molecule has 1 amide bonds. The van der Waals surface area contributed by atoms with Crippen LogP contribution in [0, 0.1) is 13.8 Å². The third-order valence-corrected chi connectivity index (χ3v) is 5.76. The summed E-state index contributed by atoms with van der Waals surface area (Å²) in [5.41, 5.74) is 7.64. The molecule has 0 aliphatic heterocycles. The number of hydrogen-bond acceptors (Lipinski definition) is 2. The average molecular weight is 416 g/mol. The Hall–Kier alpha value is -3.40. The molecule has 0 fully saturated rings. The Morgan fingerprint density at radius 1 is 0.903 bits per heavy atom. The summed E-state index contributed by atoms with van der Waals surface area (Å²) in [6, 6.07) is 18.8. The van der Waals surface area contributed by atoms with Gasteiger partial charge in [0, 0.05) is 12.1 Å². The van der Waals surface area contributed by atoms with Gasteiger partial charge in [0.2, 0.25) is 0 Å². The molecule has 0 saturated heterocycles. The number of anilines is 1. The van der Waals surface area contributed by atoms with Gasteiger partial charge in [-0.05, 0) is 85.7 Å². The maximum absolute atomic E-state index is 13.3. The molecule has 31 heavy (non-hydrogen) atoms. The molecule has 0 bridgehead atoms. The Bertz CT molecular complexity index is 1090. The molecule has 0 aromatic heterocycles. The van der Waals surface area contributed by atoms with Crippen LogP contribution in [0.1, 0.15) is 62.4 Å². The number of aryl methyl sites for hydroxylation is 1. The van der Waals surface area contributed by atoms with Crippen LogP contribution in [0.25, 0.3) is 0 Å². The smallest absolute Gasteiger partial charge is 0.335 e. The van der Waals surface area contributed by atoms with Crippen LogP contribution >= 0.6 is 0 Å². The SMILES string of the molecule is CCc1c(Cc2ccccc2)cc(C)c(N(CC)C(=O)c2ccc(C(=O)O)cc2)c1C. The van der Waals surface area contributed by atoms with Gasteiger partial charge in [0.25, 0.3) is 5.91 Å². The summed E-state index contributed by atoms with van der Waals surface area (Å²) in [5.74, 6) is -1.12. The van der Waals surface area contributed by atoms with Gasteiger partial charge in [0.15, 0.2) is 0 Å². The first kappa shape index (κ1) is 22.3. The van der Waals surface area contributed by atoms with E-state index in [1.165, 1.54) is 28.8 Å². The van der Waals surface area contributed by atoms with Crippen molar-refractivity contribution in [2.24, 2.45) is 0 Å². The van der Waals surface area contributed by atoms with Crippen LogP contribution in [-0.4, -0.2) is 23.5 Å². The summed E-state index contributed by atoms with van der Waals surface area (Å²) < 4.78 is 0. The second-order valence-electron chi connectivity index (χ2n) is 7.75. The van der Waals surface area contributed by atoms with Gasteiger partial charge in [-0.1, -0.05) is 43.3 Å². The summed E-state index contributed by atoms with van der Waals surface area (Å²) >= 11 is 0. The molecular formula is C27H29NO3. The maximum Gasteiger partial charge on any atom is 0.335 e.